The van der Waals surface area contributed by atoms with E-state index in [1.807, 2.05) is 31.3 Å². The van der Waals surface area contributed by atoms with Crippen LogP contribution in [-0.4, -0.2) is 14.2 Å². The van der Waals surface area contributed by atoms with Crippen LogP contribution < -0.4 is 10.1 Å². The van der Waals surface area contributed by atoms with Crippen molar-refractivity contribution in [2.45, 2.75) is 19.4 Å². The first-order chi connectivity index (χ1) is 10.2. The van der Waals surface area contributed by atoms with Crippen molar-refractivity contribution in [3.8, 4) is 5.75 Å². The van der Waals surface area contributed by atoms with E-state index in [0.717, 1.165) is 22.8 Å². The fourth-order valence-corrected chi connectivity index (χ4v) is 3.01. The Hall–Kier alpha value is -1.51. The second kappa shape index (κ2) is 7.48. The zero-order chi connectivity index (χ0) is 15.2. The molecule has 0 heterocycles. The third-order valence-electron chi connectivity index (χ3n) is 3.82. The van der Waals surface area contributed by atoms with Gasteiger partial charge in [-0.05, 0) is 48.7 Å². The van der Waals surface area contributed by atoms with Crippen LogP contribution in [0.25, 0.3) is 0 Å². The predicted molar refractivity (Wildman–Crippen MR) is 89.1 cm³/mol. The van der Waals surface area contributed by atoms with Crippen LogP contribution in [0.5, 0.6) is 5.75 Å². The molecule has 0 amide bonds. The molecule has 0 saturated heterocycles. The SMILES string of the molecule is CNC(c1ccccc1)C(C)Cc1cc(Cl)ccc1OC. The highest BCUT2D eigenvalue weighted by atomic mass is 35.5. The van der Waals surface area contributed by atoms with E-state index >= 15 is 0 Å². The van der Waals surface area contributed by atoms with Gasteiger partial charge in [-0.2, -0.15) is 0 Å². The molecule has 3 heteroatoms. The van der Waals surface area contributed by atoms with E-state index in [-0.39, 0.29) is 0 Å². The molecular weight excluding hydrogens is 282 g/mol. The quantitative estimate of drug-likeness (QED) is 0.849. The summed E-state index contributed by atoms with van der Waals surface area (Å²) in [6.45, 7) is 2.24. The Kier molecular flexibility index (Phi) is 5.66. The second-order valence-corrected chi connectivity index (χ2v) is 5.75. The monoisotopic (exact) mass is 303 g/mol. The summed E-state index contributed by atoms with van der Waals surface area (Å²) in [5.41, 5.74) is 2.45. The summed E-state index contributed by atoms with van der Waals surface area (Å²) in [7, 11) is 3.70. The fourth-order valence-electron chi connectivity index (χ4n) is 2.81. The molecule has 2 unspecified atom stereocenters. The molecule has 0 aliphatic rings. The Balaban J connectivity index is 2.20. The number of methoxy groups -OCH3 is 1. The highest BCUT2D eigenvalue weighted by Crippen LogP contribution is 2.30. The molecule has 0 aliphatic heterocycles. The average Bonchev–Trinajstić information content (AvgIpc) is 2.49. The number of ether oxygens (including phenoxy) is 1. The number of halogens is 1. The minimum absolute atomic E-state index is 0.301. The van der Waals surface area contributed by atoms with Gasteiger partial charge in [0.15, 0.2) is 0 Å². The van der Waals surface area contributed by atoms with Crippen LogP contribution in [-0.2, 0) is 6.42 Å². The summed E-state index contributed by atoms with van der Waals surface area (Å²) in [5, 5.41) is 4.17. The molecule has 2 atom stereocenters. The molecule has 2 aromatic carbocycles. The lowest BCUT2D eigenvalue weighted by Gasteiger charge is -2.25. The molecule has 2 rings (SSSR count). The summed E-state index contributed by atoms with van der Waals surface area (Å²) in [6.07, 6.45) is 0.907. The summed E-state index contributed by atoms with van der Waals surface area (Å²) in [5.74, 6) is 1.32. The van der Waals surface area contributed by atoms with Gasteiger partial charge in [0.05, 0.1) is 7.11 Å². The number of rotatable bonds is 6. The van der Waals surface area contributed by atoms with Crippen LogP contribution in [0.15, 0.2) is 48.5 Å². The lowest BCUT2D eigenvalue weighted by molar-refractivity contribution is 0.384. The molecule has 1 N–H and O–H groups in total. The van der Waals surface area contributed by atoms with Gasteiger partial charge in [0.25, 0.3) is 0 Å². The first-order valence-electron chi connectivity index (χ1n) is 7.20. The van der Waals surface area contributed by atoms with Crippen LogP contribution in [0.4, 0.5) is 0 Å². The van der Waals surface area contributed by atoms with Gasteiger partial charge in [0, 0.05) is 11.1 Å². The van der Waals surface area contributed by atoms with Crippen LogP contribution in [0.3, 0.4) is 0 Å². The Morgan fingerprint density at radius 2 is 1.86 bits per heavy atom. The predicted octanol–water partition coefficient (Wildman–Crippen LogP) is 4.49. The molecule has 0 aromatic heterocycles. The van der Waals surface area contributed by atoms with E-state index in [1.54, 1.807) is 7.11 Å². The molecule has 2 aromatic rings. The zero-order valence-electron chi connectivity index (χ0n) is 12.8. The molecule has 112 valence electrons. The van der Waals surface area contributed by atoms with Crippen LogP contribution in [0.2, 0.25) is 5.02 Å². The normalized spacial score (nSPS) is 13.7. The van der Waals surface area contributed by atoms with Gasteiger partial charge in [-0.3, -0.25) is 0 Å². The van der Waals surface area contributed by atoms with E-state index in [1.165, 1.54) is 5.56 Å². The highest BCUT2D eigenvalue weighted by Gasteiger charge is 2.19. The first-order valence-corrected chi connectivity index (χ1v) is 7.58. The number of hydrogen-bond acceptors (Lipinski definition) is 2. The maximum atomic E-state index is 6.12. The van der Waals surface area contributed by atoms with Crippen molar-refractivity contribution in [1.29, 1.82) is 0 Å². The van der Waals surface area contributed by atoms with Gasteiger partial charge in [-0.25, -0.2) is 0 Å². The van der Waals surface area contributed by atoms with E-state index in [0.29, 0.717) is 12.0 Å². The Morgan fingerprint density at radius 1 is 1.14 bits per heavy atom. The van der Waals surface area contributed by atoms with Crippen molar-refractivity contribution < 1.29 is 4.74 Å². The molecule has 0 aliphatic carbocycles. The largest absolute Gasteiger partial charge is 0.496 e. The van der Waals surface area contributed by atoms with Gasteiger partial charge in [-0.1, -0.05) is 48.9 Å². The van der Waals surface area contributed by atoms with Crippen LogP contribution in [0, 0.1) is 5.92 Å². The van der Waals surface area contributed by atoms with E-state index in [2.05, 4.69) is 36.5 Å². The van der Waals surface area contributed by atoms with Gasteiger partial charge in [0.2, 0.25) is 0 Å². The lowest BCUT2D eigenvalue weighted by atomic mass is 9.89. The maximum Gasteiger partial charge on any atom is 0.122 e. The van der Waals surface area contributed by atoms with Gasteiger partial charge in [0.1, 0.15) is 5.75 Å². The number of benzene rings is 2. The van der Waals surface area contributed by atoms with Crippen molar-refractivity contribution in [2.24, 2.45) is 5.92 Å². The highest BCUT2D eigenvalue weighted by molar-refractivity contribution is 6.30. The summed E-state index contributed by atoms with van der Waals surface area (Å²) in [6, 6.07) is 16.6. The molecule has 0 radical (unpaired) electrons. The smallest absolute Gasteiger partial charge is 0.122 e. The molecular formula is C18H22ClNO. The van der Waals surface area contributed by atoms with E-state index < -0.39 is 0 Å². The first kappa shape index (κ1) is 15.9. The van der Waals surface area contributed by atoms with Gasteiger partial charge < -0.3 is 10.1 Å². The topological polar surface area (TPSA) is 21.3 Å². The van der Waals surface area contributed by atoms with Crippen molar-refractivity contribution >= 4 is 11.6 Å². The Bertz CT molecular complexity index is 571. The van der Waals surface area contributed by atoms with Crippen molar-refractivity contribution in [2.75, 3.05) is 14.2 Å². The van der Waals surface area contributed by atoms with Crippen molar-refractivity contribution in [1.82, 2.24) is 5.32 Å². The molecule has 0 fully saturated rings. The summed E-state index contributed by atoms with van der Waals surface area (Å²) in [4.78, 5) is 0. The fraction of sp³-hybridized carbons (Fsp3) is 0.333. The molecule has 21 heavy (non-hydrogen) atoms. The third kappa shape index (κ3) is 3.99. The average molecular weight is 304 g/mol. The maximum absolute atomic E-state index is 6.12. The molecule has 2 nitrogen and oxygen atoms in total. The third-order valence-corrected chi connectivity index (χ3v) is 4.06. The standard InChI is InChI=1S/C18H22ClNO/c1-13(18(20-2)14-7-5-4-6-8-14)11-15-12-16(19)9-10-17(15)21-3/h4-10,12-13,18,20H,11H2,1-3H3. The second-order valence-electron chi connectivity index (χ2n) is 5.31. The summed E-state index contributed by atoms with van der Waals surface area (Å²) >= 11 is 6.12. The van der Waals surface area contributed by atoms with Gasteiger partial charge in [-0.15, -0.1) is 0 Å². The Morgan fingerprint density at radius 3 is 2.48 bits per heavy atom. The van der Waals surface area contributed by atoms with E-state index in [9.17, 15) is 0 Å². The Labute approximate surface area is 132 Å². The molecule has 0 spiro atoms. The molecule has 0 saturated carbocycles. The minimum Gasteiger partial charge on any atom is -0.496 e. The number of hydrogen-bond donors (Lipinski definition) is 1. The van der Waals surface area contributed by atoms with Crippen molar-refractivity contribution in [3.63, 3.8) is 0 Å². The number of nitrogens with one attached hydrogen (secondary N) is 1. The van der Waals surface area contributed by atoms with Crippen molar-refractivity contribution in [3.05, 3.63) is 64.7 Å². The van der Waals surface area contributed by atoms with E-state index in [4.69, 9.17) is 16.3 Å². The lowest BCUT2D eigenvalue weighted by Crippen LogP contribution is -2.25. The minimum atomic E-state index is 0.301. The van der Waals surface area contributed by atoms with Crippen LogP contribution >= 0.6 is 11.6 Å². The van der Waals surface area contributed by atoms with Gasteiger partial charge >= 0.3 is 0 Å². The van der Waals surface area contributed by atoms with Crippen LogP contribution in [0.1, 0.15) is 24.1 Å². The summed E-state index contributed by atoms with van der Waals surface area (Å²) < 4.78 is 5.44. The zero-order valence-corrected chi connectivity index (χ0v) is 13.5. The molecule has 0 bridgehead atoms.